The van der Waals surface area contributed by atoms with E-state index >= 15 is 0 Å². The third kappa shape index (κ3) is 4.92. The number of para-hydroxylation sites is 1. The van der Waals surface area contributed by atoms with Gasteiger partial charge in [0.05, 0.1) is 16.5 Å². The molecule has 1 heterocycles. The fourth-order valence-electron chi connectivity index (χ4n) is 3.19. The van der Waals surface area contributed by atoms with Crippen molar-refractivity contribution in [3.63, 3.8) is 0 Å². The predicted octanol–water partition coefficient (Wildman–Crippen LogP) is 3.03. The van der Waals surface area contributed by atoms with E-state index in [1.165, 1.54) is 22.5 Å². The summed E-state index contributed by atoms with van der Waals surface area (Å²) in [6.07, 6.45) is -1.87. The number of hydrogen-bond donors (Lipinski definition) is 2. The summed E-state index contributed by atoms with van der Waals surface area (Å²) in [7, 11) is -3.18. The summed E-state index contributed by atoms with van der Waals surface area (Å²) in [5.41, 5.74) is -1.20. The molecule has 0 spiro atoms. The van der Waals surface area contributed by atoms with Crippen LogP contribution in [0.15, 0.2) is 24.3 Å². The topological polar surface area (TPSA) is 78.5 Å². The third-order valence-corrected chi connectivity index (χ3v) is 7.31. The zero-order valence-electron chi connectivity index (χ0n) is 14.6. The number of anilines is 1. The Balaban J connectivity index is 1.47. The molecule has 1 saturated heterocycles. The van der Waals surface area contributed by atoms with Gasteiger partial charge >= 0.3 is 12.2 Å². The number of nitrogens with zero attached hydrogens (tertiary/aromatic N) is 1. The molecule has 2 amide bonds. The Labute approximate surface area is 156 Å². The molecule has 1 aliphatic carbocycles. The number of carbonyl (C=O) groups excluding carboxylic acids is 1. The van der Waals surface area contributed by atoms with Gasteiger partial charge in [0.25, 0.3) is 0 Å². The quantitative estimate of drug-likeness (QED) is 0.790. The molecule has 2 aliphatic rings. The number of carbonyl (C=O) groups is 1. The monoisotopic (exact) mass is 405 g/mol. The number of hydrogen-bond acceptors (Lipinski definition) is 3. The summed E-state index contributed by atoms with van der Waals surface area (Å²) in [5.74, 6) is 0.0965. The van der Waals surface area contributed by atoms with Crippen molar-refractivity contribution in [3.05, 3.63) is 29.8 Å². The smallest absolute Gasteiger partial charge is 0.338 e. The van der Waals surface area contributed by atoms with Crippen LogP contribution in [-0.2, 0) is 16.2 Å². The molecule has 27 heavy (non-hydrogen) atoms. The van der Waals surface area contributed by atoms with E-state index in [4.69, 9.17) is 0 Å². The van der Waals surface area contributed by atoms with Crippen molar-refractivity contribution >= 4 is 21.7 Å². The zero-order valence-corrected chi connectivity index (χ0v) is 15.4. The lowest BCUT2D eigenvalue weighted by Gasteiger charge is -2.31. The summed E-state index contributed by atoms with van der Waals surface area (Å²) >= 11 is 0. The van der Waals surface area contributed by atoms with Gasteiger partial charge in [-0.1, -0.05) is 12.1 Å². The highest BCUT2D eigenvalue weighted by atomic mass is 32.2. The molecule has 3 rings (SSSR count). The van der Waals surface area contributed by atoms with Crippen LogP contribution in [0, 0.1) is 5.92 Å². The minimum absolute atomic E-state index is 0.0965. The fraction of sp³-hybridized carbons (Fsp3) is 0.588. The molecule has 10 heteroatoms. The van der Waals surface area contributed by atoms with Gasteiger partial charge in [-0.15, -0.1) is 0 Å². The lowest BCUT2D eigenvalue weighted by molar-refractivity contribution is -0.136. The number of rotatable bonds is 5. The van der Waals surface area contributed by atoms with Crippen LogP contribution in [0.3, 0.4) is 0 Å². The summed E-state index contributed by atoms with van der Waals surface area (Å²) < 4.78 is 64.7. The fourth-order valence-corrected chi connectivity index (χ4v) is 5.06. The van der Waals surface area contributed by atoms with Crippen molar-refractivity contribution in [2.24, 2.45) is 5.92 Å². The van der Waals surface area contributed by atoms with Crippen molar-refractivity contribution in [2.45, 2.75) is 37.1 Å². The van der Waals surface area contributed by atoms with Gasteiger partial charge in [-0.2, -0.15) is 13.2 Å². The number of nitrogens with one attached hydrogen (secondary N) is 2. The number of amides is 2. The summed E-state index contributed by atoms with van der Waals surface area (Å²) in [4.78, 5) is 12.0. The van der Waals surface area contributed by atoms with Crippen LogP contribution < -0.4 is 10.6 Å². The Morgan fingerprint density at radius 1 is 1.11 bits per heavy atom. The first-order valence-corrected chi connectivity index (χ1v) is 10.4. The first kappa shape index (κ1) is 19.9. The standard InChI is InChI=1S/C17H22F3N3O3S/c18-17(19,20)14-3-1-2-4-15(14)22-16(24)21-11-12-7-9-23(10-8-12)27(25,26)13-5-6-13/h1-4,12-13H,5-11H2,(H2,21,22,24). The molecule has 2 fully saturated rings. The van der Waals surface area contributed by atoms with E-state index in [2.05, 4.69) is 10.6 Å². The maximum atomic E-state index is 12.9. The number of alkyl halides is 3. The van der Waals surface area contributed by atoms with Gasteiger partial charge in [0.15, 0.2) is 0 Å². The molecule has 1 aromatic carbocycles. The number of urea groups is 1. The number of sulfonamides is 1. The van der Waals surface area contributed by atoms with Crippen LogP contribution in [0.1, 0.15) is 31.2 Å². The van der Waals surface area contributed by atoms with Crippen LogP contribution >= 0.6 is 0 Å². The van der Waals surface area contributed by atoms with Crippen LogP contribution in [-0.4, -0.2) is 43.6 Å². The van der Waals surface area contributed by atoms with Crippen molar-refractivity contribution in [1.29, 1.82) is 0 Å². The molecule has 1 saturated carbocycles. The second kappa shape index (κ2) is 7.67. The molecular formula is C17H22F3N3O3S. The minimum atomic E-state index is -4.55. The van der Waals surface area contributed by atoms with Gasteiger partial charge in [0.1, 0.15) is 0 Å². The van der Waals surface area contributed by atoms with E-state index in [0.29, 0.717) is 25.9 Å². The highest BCUT2D eigenvalue weighted by molar-refractivity contribution is 7.90. The molecule has 1 aliphatic heterocycles. The lowest BCUT2D eigenvalue weighted by atomic mass is 9.98. The average molecular weight is 405 g/mol. The Morgan fingerprint density at radius 3 is 2.33 bits per heavy atom. The maximum Gasteiger partial charge on any atom is 0.418 e. The van der Waals surface area contributed by atoms with Crippen LogP contribution in [0.4, 0.5) is 23.7 Å². The van der Waals surface area contributed by atoms with Gasteiger partial charge in [-0.25, -0.2) is 17.5 Å². The van der Waals surface area contributed by atoms with Crippen LogP contribution in [0.25, 0.3) is 0 Å². The first-order chi connectivity index (χ1) is 12.7. The van der Waals surface area contributed by atoms with Crippen LogP contribution in [0.5, 0.6) is 0 Å². The van der Waals surface area contributed by atoms with Gasteiger partial charge in [0.2, 0.25) is 10.0 Å². The van der Waals surface area contributed by atoms with Crippen molar-refractivity contribution in [2.75, 3.05) is 25.0 Å². The normalized spacial score (nSPS) is 19.7. The predicted molar refractivity (Wildman–Crippen MR) is 94.7 cm³/mol. The second-order valence-corrected chi connectivity index (χ2v) is 9.18. The Morgan fingerprint density at radius 2 is 1.74 bits per heavy atom. The maximum absolute atomic E-state index is 12.9. The second-order valence-electron chi connectivity index (χ2n) is 6.97. The summed E-state index contributed by atoms with van der Waals surface area (Å²) in [6.45, 7) is 1.13. The molecule has 0 radical (unpaired) electrons. The van der Waals surface area contributed by atoms with E-state index in [9.17, 15) is 26.4 Å². The Hall–Kier alpha value is -1.81. The highest BCUT2D eigenvalue weighted by Gasteiger charge is 2.41. The van der Waals surface area contributed by atoms with E-state index in [1.807, 2.05) is 0 Å². The first-order valence-electron chi connectivity index (χ1n) is 8.88. The highest BCUT2D eigenvalue weighted by Crippen LogP contribution is 2.35. The third-order valence-electron chi connectivity index (χ3n) is 4.91. The van der Waals surface area contributed by atoms with Crippen molar-refractivity contribution in [3.8, 4) is 0 Å². The zero-order chi connectivity index (χ0) is 19.7. The van der Waals surface area contributed by atoms with Crippen LogP contribution in [0.2, 0.25) is 0 Å². The molecule has 0 atom stereocenters. The summed E-state index contributed by atoms with van der Waals surface area (Å²) in [5, 5.41) is 4.59. The van der Waals surface area contributed by atoms with E-state index in [-0.39, 0.29) is 23.4 Å². The van der Waals surface area contributed by atoms with Gasteiger partial charge in [-0.05, 0) is 43.7 Å². The molecular weight excluding hydrogens is 383 g/mol. The summed E-state index contributed by atoms with van der Waals surface area (Å²) in [6, 6.07) is 4.07. The van der Waals surface area contributed by atoms with E-state index in [0.717, 1.165) is 18.9 Å². The molecule has 150 valence electrons. The molecule has 0 bridgehead atoms. The lowest BCUT2D eigenvalue weighted by Crippen LogP contribution is -2.43. The number of benzene rings is 1. The largest absolute Gasteiger partial charge is 0.418 e. The Kier molecular flexibility index (Phi) is 5.66. The Bertz CT molecular complexity index is 786. The SMILES string of the molecule is O=C(NCC1CCN(S(=O)(=O)C2CC2)CC1)Nc1ccccc1C(F)(F)F. The number of piperidine rings is 1. The molecule has 6 nitrogen and oxygen atoms in total. The minimum Gasteiger partial charge on any atom is -0.338 e. The molecule has 0 unspecified atom stereocenters. The average Bonchev–Trinajstić information content (AvgIpc) is 3.45. The van der Waals surface area contributed by atoms with Gasteiger partial charge in [0, 0.05) is 19.6 Å². The van der Waals surface area contributed by atoms with Gasteiger partial charge < -0.3 is 10.6 Å². The van der Waals surface area contributed by atoms with Crippen molar-refractivity contribution < 1.29 is 26.4 Å². The molecule has 0 aromatic heterocycles. The van der Waals surface area contributed by atoms with E-state index < -0.39 is 27.8 Å². The molecule has 1 aromatic rings. The number of halogens is 3. The van der Waals surface area contributed by atoms with Crippen molar-refractivity contribution in [1.82, 2.24) is 9.62 Å². The molecule has 2 N–H and O–H groups in total. The van der Waals surface area contributed by atoms with Gasteiger partial charge in [-0.3, -0.25) is 0 Å². The van der Waals surface area contributed by atoms with E-state index in [1.54, 1.807) is 0 Å².